The molecule has 0 saturated carbocycles. The lowest BCUT2D eigenvalue weighted by Gasteiger charge is -2.12. The summed E-state index contributed by atoms with van der Waals surface area (Å²) in [6, 6.07) is 22.3. The van der Waals surface area contributed by atoms with Crippen molar-refractivity contribution in [3.05, 3.63) is 95.2 Å². The van der Waals surface area contributed by atoms with Gasteiger partial charge < -0.3 is 0 Å². The number of nitroso groups, excluding NO2 is 1. The van der Waals surface area contributed by atoms with Crippen molar-refractivity contribution < 1.29 is 8.42 Å². The topological polar surface area (TPSA) is 81.4 Å². The third kappa shape index (κ3) is 4.64. The van der Waals surface area contributed by atoms with Crippen LogP contribution in [0, 0.1) is 4.91 Å². The monoisotopic (exact) mass is 459 g/mol. The first-order valence-electron chi connectivity index (χ1n) is 10.7. The van der Waals surface area contributed by atoms with Gasteiger partial charge in [-0.05, 0) is 54.3 Å². The van der Waals surface area contributed by atoms with Gasteiger partial charge in [0, 0.05) is 23.7 Å². The second-order valence-corrected chi connectivity index (χ2v) is 10.0. The lowest BCUT2D eigenvalue weighted by molar-refractivity contribution is 0.602. The maximum absolute atomic E-state index is 11.9. The van der Waals surface area contributed by atoms with E-state index in [4.69, 9.17) is 4.98 Å². The van der Waals surface area contributed by atoms with Crippen molar-refractivity contribution >= 4 is 9.84 Å². The van der Waals surface area contributed by atoms with Crippen molar-refractivity contribution in [2.75, 3.05) is 6.26 Å². The number of imidazole rings is 1. The number of aromatic nitrogens is 2. The van der Waals surface area contributed by atoms with Crippen molar-refractivity contribution in [2.45, 2.75) is 31.2 Å². The highest BCUT2D eigenvalue weighted by Crippen LogP contribution is 2.30. The van der Waals surface area contributed by atoms with Gasteiger partial charge in [0.15, 0.2) is 9.84 Å². The molecule has 0 bridgehead atoms. The van der Waals surface area contributed by atoms with E-state index in [1.807, 2.05) is 59.3 Å². The van der Waals surface area contributed by atoms with Crippen molar-refractivity contribution in [2.24, 2.45) is 5.18 Å². The first kappa shape index (κ1) is 22.6. The molecule has 168 valence electrons. The molecule has 4 rings (SSSR count). The second kappa shape index (κ2) is 9.11. The predicted octanol–water partition coefficient (Wildman–Crippen LogP) is 6.00. The molecule has 1 aromatic heterocycles. The summed E-state index contributed by atoms with van der Waals surface area (Å²) in [5.41, 5.74) is 5.40. The lowest BCUT2D eigenvalue weighted by Crippen LogP contribution is -1.99. The maximum atomic E-state index is 11.9. The van der Waals surface area contributed by atoms with E-state index in [0.29, 0.717) is 5.69 Å². The number of hydrogen-bond acceptors (Lipinski definition) is 5. The molecule has 0 saturated heterocycles. The van der Waals surface area contributed by atoms with Gasteiger partial charge in [-0.3, -0.25) is 4.57 Å². The van der Waals surface area contributed by atoms with Crippen LogP contribution in [-0.2, 0) is 16.3 Å². The van der Waals surface area contributed by atoms with Gasteiger partial charge in [0.1, 0.15) is 11.9 Å². The largest absolute Gasteiger partial charge is 0.299 e. The summed E-state index contributed by atoms with van der Waals surface area (Å²) >= 11 is 0. The molecule has 4 aromatic rings. The molecule has 0 aliphatic heterocycles. The SMILES string of the molecule is CCc1ccccc1-c1nc(C(C)N=O)cn1-c1ccc(-c2cccc(S(C)(=O)=O)c2)cc1. The predicted molar refractivity (Wildman–Crippen MR) is 131 cm³/mol. The summed E-state index contributed by atoms with van der Waals surface area (Å²) in [5, 5.41) is 3.15. The number of nitrogens with zero attached hydrogens (tertiary/aromatic N) is 3. The van der Waals surface area contributed by atoms with Gasteiger partial charge in [0.25, 0.3) is 0 Å². The van der Waals surface area contributed by atoms with E-state index < -0.39 is 15.9 Å². The van der Waals surface area contributed by atoms with Crippen LogP contribution in [0.25, 0.3) is 28.2 Å². The second-order valence-electron chi connectivity index (χ2n) is 8.00. The zero-order valence-corrected chi connectivity index (χ0v) is 19.6. The van der Waals surface area contributed by atoms with Crippen LogP contribution < -0.4 is 0 Å². The Kier molecular flexibility index (Phi) is 6.24. The molecular formula is C26H25N3O3S. The Morgan fingerprint density at radius 1 is 0.970 bits per heavy atom. The van der Waals surface area contributed by atoms with Crippen molar-refractivity contribution in [3.63, 3.8) is 0 Å². The Labute approximate surface area is 193 Å². The fourth-order valence-corrected chi connectivity index (χ4v) is 4.47. The number of sulfone groups is 1. The maximum Gasteiger partial charge on any atom is 0.175 e. The van der Waals surface area contributed by atoms with Crippen molar-refractivity contribution in [1.29, 1.82) is 0 Å². The molecule has 0 fully saturated rings. The molecule has 6 nitrogen and oxygen atoms in total. The summed E-state index contributed by atoms with van der Waals surface area (Å²) in [5.74, 6) is 0.754. The highest BCUT2D eigenvalue weighted by Gasteiger charge is 2.18. The van der Waals surface area contributed by atoms with Gasteiger partial charge in [0.2, 0.25) is 0 Å². The number of rotatable bonds is 7. The quantitative estimate of drug-likeness (QED) is 0.317. The summed E-state index contributed by atoms with van der Waals surface area (Å²) in [7, 11) is -3.28. The van der Waals surface area contributed by atoms with Crippen LogP contribution >= 0.6 is 0 Å². The zero-order valence-electron chi connectivity index (χ0n) is 18.8. The summed E-state index contributed by atoms with van der Waals surface area (Å²) < 4.78 is 25.8. The third-order valence-corrected chi connectivity index (χ3v) is 6.80. The fourth-order valence-electron chi connectivity index (χ4n) is 3.81. The first-order chi connectivity index (χ1) is 15.8. The van der Waals surface area contributed by atoms with E-state index in [1.54, 1.807) is 25.1 Å². The van der Waals surface area contributed by atoms with E-state index in [0.717, 1.165) is 40.2 Å². The minimum atomic E-state index is -3.28. The van der Waals surface area contributed by atoms with Crippen molar-refractivity contribution in [1.82, 2.24) is 9.55 Å². The molecule has 7 heteroatoms. The van der Waals surface area contributed by atoms with Crippen LogP contribution in [0.4, 0.5) is 0 Å². The van der Waals surface area contributed by atoms with Crippen LogP contribution in [-0.4, -0.2) is 24.2 Å². The zero-order chi connectivity index (χ0) is 23.6. The molecule has 0 aliphatic rings. The number of aryl methyl sites for hydroxylation is 1. The molecule has 33 heavy (non-hydrogen) atoms. The minimum absolute atomic E-state index is 0.289. The Bertz CT molecular complexity index is 1410. The summed E-state index contributed by atoms with van der Waals surface area (Å²) in [6.45, 7) is 3.83. The molecule has 1 atom stereocenters. The average molecular weight is 460 g/mol. The number of hydrogen-bond donors (Lipinski definition) is 0. The van der Waals surface area contributed by atoms with Gasteiger partial charge in [-0.1, -0.05) is 60.6 Å². The molecule has 0 aliphatic carbocycles. The fraction of sp³-hybridized carbons (Fsp3) is 0.192. The van der Waals surface area contributed by atoms with Gasteiger partial charge in [-0.15, -0.1) is 0 Å². The Hall–Kier alpha value is -3.58. The molecule has 1 heterocycles. The van der Waals surface area contributed by atoms with Crippen LogP contribution in [0.5, 0.6) is 0 Å². The van der Waals surface area contributed by atoms with E-state index in [1.165, 1.54) is 6.26 Å². The van der Waals surface area contributed by atoms with Gasteiger partial charge in [0.05, 0.1) is 10.6 Å². The summed E-state index contributed by atoms with van der Waals surface area (Å²) in [6.07, 6.45) is 3.92. The van der Waals surface area contributed by atoms with Crippen molar-refractivity contribution in [3.8, 4) is 28.2 Å². The minimum Gasteiger partial charge on any atom is -0.299 e. The molecule has 0 spiro atoms. The van der Waals surface area contributed by atoms with E-state index >= 15 is 0 Å². The third-order valence-electron chi connectivity index (χ3n) is 5.69. The smallest absolute Gasteiger partial charge is 0.175 e. The van der Waals surface area contributed by atoms with Gasteiger partial charge >= 0.3 is 0 Å². The molecule has 0 N–H and O–H groups in total. The van der Waals surface area contributed by atoms with E-state index in [9.17, 15) is 13.3 Å². The highest BCUT2D eigenvalue weighted by molar-refractivity contribution is 7.90. The van der Waals surface area contributed by atoms with Crippen LogP contribution in [0.3, 0.4) is 0 Å². The average Bonchev–Trinajstić information content (AvgIpc) is 3.28. The molecule has 0 amide bonds. The number of benzene rings is 3. The van der Waals surface area contributed by atoms with Crippen LogP contribution in [0.1, 0.15) is 31.1 Å². The molecule has 1 unspecified atom stereocenters. The summed E-state index contributed by atoms with van der Waals surface area (Å²) in [4.78, 5) is 16.2. The van der Waals surface area contributed by atoms with Crippen LogP contribution in [0.2, 0.25) is 0 Å². The Morgan fingerprint density at radius 3 is 2.36 bits per heavy atom. The normalized spacial score (nSPS) is 12.5. The van der Waals surface area contributed by atoms with E-state index in [-0.39, 0.29) is 4.90 Å². The van der Waals surface area contributed by atoms with Crippen LogP contribution in [0.15, 0.2) is 89.1 Å². The highest BCUT2D eigenvalue weighted by atomic mass is 32.2. The molecule has 0 radical (unpaired) electrons. The van der Waals surface area contributed by atoms with Gasteiger partial charge in [-0.25, -0.2) is 13.4 Å². The van der Waals surface area contributed by atoms with E-state index in [2.05, 4.69) is 18.2 Å². The first-order valence-corrected chi connectivity index (χ1v) is 12.6. The standard InChI is InChI=1S/C26H25N3O3S/c1-4-19-8-5-6-11-24(19)26-27-25(18(2)28-30)17-29(26)22-14-12-20(13-15-22)21-9-7-10-23(16-21)33(3,31)32/h5-18H,4H2,1-3H3. The Balaban J connectivity index is 1.80. The Morgan fingerprint density at radius 2 is 1.70 bits per heavy atom. The lowest BCUT2D eigenvalue weighted by atomic mass is 10.0. The molecule has 3 aromatic carbocycles. The van der Waals surface area contributed by atoms with Gasteiger partial charge in [-0.2, -0.15) is 4.91 Å². The molecular weight excluding hydrogens is 434 g/mol.